The van der Waals surface area contributed by atoms with Crippen molar-refractivity contribution in [3.63, 3.8) is 0 Å². The lowest BCUT2D eigenvalue weighted by Crippen LogP contribution is -2.23. The van der Waals surface area contributed by atoms with Crippen LogP contribution in [-0.2, 0) is 19.3 Å². The monoisotopic (exact) mass is 474 g/mol. The van der Waals surface area contributed by atoms with E-state index in [1.807, 2.05) is 18.9 Å². The largest absolute Gasteiger partial charge is 0.473 e. The number of alkyl halides is 3. The average Bonchev–Trinajstić information content (AvgIpc) is 3.08. The molecule has 1 aromatic heterocycles. The highest BCUT2D eigenvalue weighted by atomic mass is 19.4. The van der Waals surface area contributed by atoms with Gasteiger partial charge < -0.3 is 14.4 Å². The Morgan fingerprint density at radius 3 is 2.65 bits per heavy atom. The number of nitrogens with zero attached hydrogens (tertiary/aromatic N) is 4. The third kappa shape index (κ3) is 4.52. The van der Waals surface area contributed by atoms with E-state index in [2.05, 4.69) is 4.98 Å². The highest BCUT2D eigenvalue weighted by Gasteiger charge is 2.34. The van der Waals surface area contributed by atoms with Crippen molar-refractivity contribution in [1.82, 2.24) is 9.55 Å². The first-order chi connectivity index (χ1) is 16.1. The molecule has 0 radical (unpaired) electrons. The Balaban J connectivity index is 1.48. The lowest BCUT2D eigenvalue weighted by molar-refractivity contribution is -0.137. The average molecular weight is 474 g/mol. The molecule has 7 nitrogen and oxygen atoms in total. The minimum absolute atomic E-state index is 0.0928. The molecular formula is C23H18F4N4O3. The maximum Gasteiger partial charge on any atom is 0.417 e. The standard InChI is InChI=1S/C23H18F4N4O3/c1-13-11-31-21(30(13)2)9-20(29-22(31)32)33-12-14-3-6-19(18(24)7-14)34-16-5-4-15(10-28)17(8-16)23(25,26)27/h3-9,13H,11-12H2,1-2H3. The number of fused-ring (bicyclic) bond motifs is 1. The van der Waals surface area contributed by atoms with Crippen LogP contribution in [0.5, 0.6) is 17.4 Å². The Hall–Kier alpha value is -4.07. The van der Waals surface area contributed by atoms with E-state index in [1.165, 1.54) is 22.8 Å². The van der Waals surface area contributed by atoms with Crippen molar-refractivity contribution in [1.29, 1.82) is 5.26 Å². The summed E-state index contributed by atoms with van der Waals surface area (Å²) in [5.74, 6) is -0.635. The van der Waals surface area contributed by atoms with Crippen molar-refractivity contribution in [2.45, 2.75) is 32.3 Å². The van der Waals surface area contributed by atoms with Crippen LogP contribution in [0.15, 0.2) is 47.3 Å². The van der Waals surface area contributed by atoms with E-state index in [-0.39, 0.29) is 30.0 Å². The quantitative estimate of drug-likeness (QED) is 0.508. The fraction of sp³-hybridized carbons (Fsp3) is 0.261. The summed E-state index contributed by atoms with van der Waals surface area (Å²) in [5, 5.41) is 8.87. The zero-order chi connectivity index (χ0) is 24.6. The van der Waals surface area contributed by atoms with E-state index >= 15 is 0 Å². The number of nitriles is 1. The Morgan fingerprint density at radius 1 is 1.21 bits per heavy atom. The minimum atomic E-state index is -4.76. The molecule has 1 aliphatic heterocycles. The van der Waals surface area contributed by atoms with Gasteiger partial charge in [-0.1, -0.05) is 6.07 Å². The van der Waals surface area contributed by atoms with Crippen molar-refractivity contribution in [3.05, 3.63) is 75.5 Å². The first-order valence-electron chi connectivity index (χ1n) is 10.1. The molecule has 0 spiro atoms. The van der Waals surface area contributed by atoms with Crippen LogP contribution in [0.25, 0.3) is 0 Å². The predicted octanol–water partition coefficient (Wildman–Crippen LogP) is 4.48. The van der Waals surface area contributed by atoms with Gasteiger partial charge in [-0.15, -0.1) is 0 Å². The maximum atomic E-state index is 14.5. The lowest BCUT2D eigenvalue weighted by atomic mass is 10.1. The molecule has 2 heterocycles. The van der Waals surface area contributed by atoms with E-state index < -0.39 is 28.8 Å². The summed E-state index contributed by atoms with van der Waals surface area (Å²) in [6.45, 7) is 2.40. The van der Waals surface area contributed by atoms with Gasteiger partial charge in [0.2, 0.25) is 5.88 Å². The number of benzene rings is 2. The molecule has 3 aromatic rings. The second-order valence-electron chi connectivity index (χ2n) is 7.78. The van der Waals surface area contributed by atoms with Gasteiger partial charge in [0.25, 0.3) is 0 Å². The molecule has 11 heteroatoms. The van der Waals surface area contributed by atoms with Gasteiger partial charge in [0.1, 0.15) is 18.2 Å². The molecule has 0 fully saturated rings. The number of anilines is 1. The molecule has 34 heavy (non-hydrogen) atoms. The second-order valence-corrected chi connectivity index (χ2v) is 7.78. The normalized spacial score (nSPS) is 15.1. The van der Waals surface area contributed by atoms with Crippen LogP contribution < -0.4 is 20.1 Å². The minimum Gasteiger partial charge on any atom is -0.473 e. The first kappa shape index (κ1) is 23.1. The zero-order valence-corrected chi connectivity index (χ0v) is 18.1. The summed E-state index contributed by atoms with van der Waals surface area (Å²) in [6.07, 6.45) is -4.76. The molecule has 2 aromatic carbocycles. The van der Waals surface area contributed by atoms with Crippen molar-refractivity contribution < 1.29 is 27.0 Å². The van der Waals surface area contributed by atoms with Crippen molar-refractivity contribution in [2.75, 3.05) is 11.9 Å². The van der Waals surface area contributed by atoms with E-state index in [4.69, 9.17) is 14.7 Å². The maximum absolute atomic E-state index is 14.5. The van der Waals surface area contributed by atoms with Crippen LogP contribution in [0, 0.1) is 17.1 Å². The smallest absolute Gasteiger partial charge is 0.417 e. The molecule has 0 aliphatic carbocycles. The SMILES string of the molecule is CC1Cn2c(cc(OCc3ccc(Oc4ccc(C#N)c(C(F)(F)F)c4)c(F)c3)nc2=O)N1C. The molecule has 1 aliphatic rings. The number of likely N-dealkylation sites (N-methyl/N-ethyl adjacent to an activating group) is 1. The molecule has 4 rings (SSSR count). The summed E-state index contributed by atoms with van der Waals surface area (Å²) in [6, 6.07) is 9.82. The summed E-state index contributed by atoms with van der Waals surface area (Å²) in [4.78, 5) is 18.0. The highest BCUT2D eigenvalue weighted by molar-refractivity contribution is 5.47. The fourth-order valence-electron chi connectivity index (χ4n) is 3.54. The molecule has 176 valence electrons. The number of ether oxygens (including phenoxy) is 2. The van der Waals surface area contributed by atoms with Crippen molar-refractivity contribution in [2.24, 2.45) is 0 Å². The van der Waals surface area contributed by atoms with Gasteiger partial charge >= 0.3 is 11.9 Å². The van der Waals surface area contributed by atoms with E-state index in [0.29, 0.717) is 24.0 Å². The fourth-order valence-corrected chi connectivity index (χ4v) is 3.54. The van der Waals surface area contributed by atoms with Crippen molar-refractivity contribution in [3.8, 4) is 23.4 Å². The summed E-state index contributed by atoms with van der Waals surface area (Å²) >= 11 is 0. The van der Waals surface area contributed by atoms with Crippen LogP contribution in [-0.4, -0.2) is 22.6 Å². The lowest BCUT2D eigenvalue weighted by Gasteiger charge is -2.16. The van der Waals surface area contributed by atoms with Crippen LogP contribution in [0.1, 0.15) is 23.6 Å². The van der Waals surface area contributed by atoms with Gasteiger partial charge in [-0.2, -0.15) is 23.4 Å². The Bertz CT molecular complexity index is 1350. The van der Waals surface area contributed by atoms with Gasteiger partial charge in [0.15, 0.2) is 11.6 Å². The Labute approximate surface area is 191 Å². The number of aromatic nitrogens is 2. The number of hydrogen-bond donors (Lipinski definition) is 0. The topological polar surface area (TPSA) is 80.4 Å². The van der Waals surface area contributed by atoms with Gasteiger partial charge in [0, 0.05) is 25.7 Å². The zero-order valence-electron chi connectivity index (χ0n) is 18.1. The molecular weight excluding hydrogens is 456 g/mol. The Kier molecular flexibility index (Phi) is 5.91. The Morgan fingerprint density at radius 2 is 1.97 bits per heavy atom. The molecule has 1 unspecified atom stereocenters. The molecule has 0 saturated carbocycles. The highest BCUT2D eigenvalue weighted by Crippen LogP contribution is 2.36. The molecule has 0 amide bonds. The number of hydrogen-bond acceptors (Lipinski definition) is 6. The van der Waals surface area contributed by atoms with Crippen LogP contribution >= 0.6 is 0 Å². The van der Waals surface area contributed by atoms with E-state index in [9.17, 15) is 22.4 Å². The summed E-state index contributed by atoms with van der Waals surface area (Å²) in [5.41, 5.74) is -1.78. The van der Waals surface area contributed by atoms with Gasteiger partial charge in [0.05, 0.1) is 17.2 Å². The number of rotatable bonds is 5. The van der Waals surface area contributed by atoms with Gasteiger partial charge in [-0.3, -0.25) is 4.57 Å². The first-order valence-corrected chi connectivity index (χ1v) is 10.1. The molecule has 0 saturated heterocycles. The predicted molar refractivity (Wildman–Crippen MR) is 113 cm³/mol. The third-order valence-corrected chi connectivity index (χ3v) is 5.46. The van der Waals surface area contributed by atoms with Gasteiger partial charge in [-0.05, 0) is 42.8 Å². The van der Waals surface area contributed by atoms with Crippen LogP contribution in [0.4, 0.5) is 23.4 Å². The number of halogens is 4. The molecule has 0 bridgehead atoms. The molecule has 1 atom stereocenters. The third-order valence-electron chi connectivity index (χ3n) is 5.46. The van der Waals surface area contributed by atoms with Crippen LogP contribution in [0.2, 0.25) is 0 Å². The van der Waals surface area contributed by atoms with Gasteiger partial charge in [-0.25, -0.2) is 9.18 Å². The van der Waals surface area contributed by atoms with Crippen LogP contribution in [0.3, 0.4) is 0 Å². The summed E-state index contributed by atoms with van der Waals surface area (Å²) < 4.78 is 66.3. The summed E-state index contributed by atoms with van der Waals surface area (Å²) in [7, 11) is 1.85. The second kappa shape index (κ2) is 8.70. The van der Waals surface area contributed by atoms with E-state index in [0.717, 1.165) is 18.2 Å². The van der Waals surface area contributed by atoms with Crippen molar-refractivity contribution >= 4 is 5.82 Å². The van der Waals surface area contributed by atoms with E-state index in [1.54, 1.807) is 6.07 Å². The molecule has 0 N–H and O–H groups in total.